The number of ether oxygens (including phenoxy) is 2. The van der Waals surface area contributed by atoms with Crippen molar-refractivity contribution in [2.24, 2.45) is 4.99 Å². The first-order chi connectivity index (χ1) is 13.5. The second kappa shape index (κ2) is 11.1. The summed E-state index contributed by atoms with van der Waals surface area (Å²) in [5, 5.41) is 3.27. The van der Waals surface area contributed by atoms with Crippen LogP contribution in [0, 0.1) is 0 Å². The van der Waals surface area contributed by atoms with Crippen molar-refractivity contribution in [3.63, 3.8) is 0 Å². The highest BCUT2D eigenvalue weighted by atomic mass is 19.4. The van der Waals surface area contributed by atoms with E-state index < -0.39 is 11.7 Å². The van der Waals surface area contributed by atoms with E-state index in [1.54, 1.807) is 13.2 Å². The van der Waals surface area contributed by atoms with E-state index in [9.17, 15) is 13.2 Å². The molecule has 0 bridgehead atoms. The zero-order valence-corrected chi connectivity index (χ0v) is 16.5. The van der Waals surface area contributed by atoms with Crippen molar-refractivity contribution in [3.8, 4) is 0 Å². The van der Waals surface area contributed by atoms with Gasteiger partial charge in [0.1, 0.15) is 0 Å². The smallest absolute Gasteiger partial charge is 0.382 e. The van der Waals surface area contributed by atoms with Crippen LogP contribution in [0.2, 0.25) is 0 Å². The number of guanidine groups is 1. The lowest BCUT2D eigenvalue weighted by molar-refractivity contribution is -0.137. The molecule has 1 aromatic rings. The molecular formula is C19H29F3N4O2. The number of nitrogens with zero attached hydrogens (tertiary/aromatic N) is 3. The molecule has 0 aromatic heterocycles. The summed E-state index contributed by atoms with van der Waals surface area (Å²) in [6, 6.07) is 5.50. The molecule has 1 aliphatic heterocycles. The van der Waals surface area contributed by atoms with Crippen molar-refractivity contribution < 1.29 is 22.6 Å². The fraction of sp³-hybridized carbons (Fsp3) is 0.632. The van der Waals surface area contributed by atoms with Gasteiger partial charge in [0.25, 0.3) is 0 Å². The number of benzene rings is 1. The van der Waals surface area contributed by atoms with Gasteiger partial charge in [-0.25, -0.2) is 0 Å². The molecular weight excluding hydrogens is 373 g/mol. The van der Waals surface area contributed by atoms with E-state index in [0.717, 1.165) is 18.6 Å². The molecule has 2 rings (SSSR count). The molecule has 1 fully saturated rings. The van der Waals surface area contributed by atoms with Gasteiger partial charge >= 0.3 is 6.18 Å². The van der Waals surface area contributed by atoms with Crippen LogP contribution in [0.5, 0.6) is 0 Å². The maximum absolute atomic E-state index is 12.9. The molecule has 1 N–H and O–H groups in total. The molecule has 1 aromatic carbocycles. The Morgan fingerprint density at radius 1 is 1.14 bits per heavy atom. The monoisotopic (exact) mass is 402 g/mol. The summed E-state index contributed by atoms with van der Waals surface area (Å²) in [7, 11) is 1.63. The predicted octanol–water partition coefficient (Wildman–Crippen LogP) is 2.46. The molecule has 6 nitrogen and oxygen atoms in total. The molecule has 0 radical (unpaired) electrons. The number of hydrogen-bond donors (Lipinski definition) is 1. The number of hydrogen-bond acceptors (Lipinski definition) is 4. The molecule has 0 atom stereocenters. The molecule has 0 unspecified atom stereocenters. The molecule has 28 heavy (non-hydrogen) atoms. The highest BCUT2D eigenvalue weighted by Gasteiger charge is 2.31. The highest BCUT2D eigenvalue weighted by molar-refractivity contribution is 5.80. The minimum Gasteiger partial charge on any atom is -0.382 e. The molecule has 1 saturated heterocycles. The first kappa shape index (κ1) is 22.3. The Morgan fingerprint density at radius 3 is 2.54 bits per heavy atom. The molecule has 0 saturated carbocycles. The van der Waals surface area contributed by atoms with Gasteiger partial charge in [-0.05, 0) is 25.1 Å². The standard InChI is InChI=1S/C19H29F3N4O2/c1-3-23-18(24-7-12-28-14-13-27-2)26-10-8-25(9-11-26)17-6-4-5-16(15-17)19(20,21)22/h4-6,15H,3,7-14H2,1-2H3,(H,23,24). The van der Waals surface area contributed by atoms with Crippen molar-refractivity contribution in [1.29, 1.82) is 0 Å². The molecule has 9 heteroatoms. The van der Waals surface area contributed by atoms with E-state index in [0.29, 0.717) is 58.2 Å². The van der Waals surface area contributed by atoms with Crippen LogP contribution in [0.4, 0.5) is 18.9 Å². The lowest BCUT2D eigenvalue weighted by Crippen LogP contribution is -2.52. The largest absolute Gasteiger partial charge is 0.416 e. The first-order valence-electron chi connectivity index (χ1n) is 9.48. The number of nitrogens with one attached hydrogen (secondary N) is 1. The average molecular weight is 402 g/mol. The van der Waals surface area contributed by atoms with Crippen LogP contribution in [-0.2, 0) is 15.7 Å². The van der Waals surface area contributed by atoms with E-state index in [4.69, 9.17) is 9.47 Å². The SMILES string of the molecule is CCNC(=NCCOCCOC)N1CCN(c2cccc(C(F)(F)F)c2)CC1. The van der Waals surface area contributed by atoms with E-state index in [-0.39, 0.29) is 0 Å². The molecule has 0 amide bonds. The van der Waals surface area contributed by atoms with E-state index in [1.165, 1.54) is 12.1 Å². The number of alkyl halides is 3. The van der Waals surface area contributed by atoms with Crippen LogP contribution >= 0.6 is 0 Å². The Morgan fingerprint density at radius 2 is 1.89 bits per heavy atom. The molecule has 158 valence electrons. The quantitative estimate of drug-likeness (QED) is 0.411. The van der Waals surface area contributed by atoms with Crippen LogP contribution in [-0.4, -0.2) is 77.1 Å². The number of rotatable bonds is 8. The number of aliphatic imine (C=N–C) groups is 1. The average Bonchev–Trinajstić information content (AvgIpc) is 2.69. The van der Waals surface area contributed by atoms with Gasteiger partial charge in [0, 0.05) is 45.5 Å². The predicted molar refractivity (Wildman–Crippen MR) is 104 cm³/mol. The number of methoxy groups -OCH3 is 1. The summed E-state index contributed by atoms with van der Waals surface area (Å²) in [6.07, 6.45) is -4.33. The molecule has 1 aliphatic rings. The zero-order chi connectivity index (χ0) is 20.4. The number of piperazine rings is 1. The topological polar surface area (TPSA) is 49.3 Å². The Bertz CT molecular complexity index is 617. The summed E-state index contributed by atoms with van der Waals surface area (Å²) in [5.74, 6) is 0.807. The minimum absolute atomic E-state index is 0.516. The second-order valence-corrected chi connectivity index (χ2v) is 6.36. The van der Waals surface area contributed by atoms with Gasteiger partial charge in [-0.2, -0.15) is 13.2 Å². The van der Waals surface area contributed by atoms with Gasteiger partial charge in [-0.3, -0.25) is 4.99 Å². The van der Waals surface area contributed by atoms with E-state index in [1.807, 2.05) is 11.8 Å². The van der Waals surface area contributed by atoms with Crippen LogP contribution in [0.3, 0.4) is 0 Å². The second-order valence-electron chi connectivity index (χ2n) is 6.36. The van der Waals surface area contributed by atoms with Gasteiger partial charge in [0.2, 0.25) is 0 Å². The lowest BCUT2D eigenvalue weighted by atomic mass is 10.1. The summed E-state index contributed by atoms with van der Waals surface area (Å²) in [5.41, 5.74) is -0.0150. The third kappa shape index (κ3) is 6.87. The van der Waals surface area contributed by atoms with Crippen LogP contribution < -0.4 is 10.2 Å². The Kier molecular flexibility index (Phi) is 8.85. The fourth-order valence-electron chi connectivity index (χ4n) is 2.94. The maximum atomic E-state index is 12.9. The van der Waals surface area contributed by atoms with Crippen molar-refractivity contribution in [3.05, 3.63) is 29.8 Å². The zero-order valence-electron chi connectivity index (χ0n) is 16.5. The van der Waals surface area contributed by atoms with Gasteiger partial charge in [-0.1, -0.05) is 6.07 Å². The van der Waals surface area contributed by atoms with Crippen LogP contribution in [0.25, 0.3) is 0 Å². The summed E-state index contributed by atoms with van der Waals surface area (Å²) in [6.45, 7) is 7.55. The van der Waals surface area contributed by atoms with Crippen LogP contribution in [0.15, 0.2) is 29.3 Å². The van der Waals surface area contributed by atoms with Crippen molar-refractivity contribution >= 4 is 11.6 Å². The Balaban J connectivity index is 1.89. The minimum atomic E-state index is -4.33. The molecule has 1 heterocycles. The highest BCUT2D eigenvalue weighted by Crippen LogP contribution is 2.31. The normalized spacial score (nSPS) is 15.8. The van der Waals surface area contributed by atoms with Gasteiger partial charge < -0.3 is 24.6 Å². The van der Waals surface area contributed by atoms with Gasteiger partial charge in [-0.15, -0.1) is 0 Å². The van der Waals surface area contributed by atoms with Crippen molar-refractivity contribution in [2.75, 3.05) is 71.1 Å². The summed E-state index contributed by atoms with van der Waals surface area (Å²) >= 11 is 0. The summed E-state index contributed by atoms with van der Waals surface area (Å²) < 4.78 is 49.2. The van der Waals surface area contributed by atoms with Crippen molar-refractivity contribution in [1.82, 2.24) is 10.2 Å². The number of halogens is 3. The molecule has 0 spiro atoms. The first-order valence-corrected chi connectivity index (χ1v) is 9.48. The molecule has 0 aliphatic carbocycles. The van der Waals surface area contributed by atoms with Crippen LogP contribution in [0.1, 0.15) is 12.5 Å². The van der Waals surface area contributed by atoms with E-state index in [2.05, 4.69) is 15.2 Å². The van der Waals surface area contributed by atoms with Gasteiger partial charge in [0.15, 0.2) is 5.96 Å². The third-order valence-corrected chi connectivity index (χ3v) is 4.38. The third-order valence-electron chi connectivity index (χ3n) is 4.38. The fourth-order valence-corrected chi connectivity index (χ4v) is 2.94. The maximum Gasteiger partial charge on any atom is 0.416 e. The summed E-state index contributed by atoms with van der Waals surface area (Å²) in [4.78, 5) is 8.68. The van der Waals surface area contributed by atoms with E-state index >= 15 is 0 Å². The Hall–Kier alpha value is -2.00. The Labute approximate surface area is 164 Å². The lowest BCUT2D eigenvalue weighted by Gasteiger charge is -2.38. The number of anilines is 1. The van der Waals surface area contributed by atoms with Gasteiger partial charge in [0.05, 0.1) is 31.9 Å². The van der Waals surface area contributed by atoms with Crippen molar-refractivity contribution in [2.45, 2.75) is 13.1 Å².